The molecule has 5 rings (SSSR count). The third-order valence-corrected chi connectivity index (χ3v) is 6.04. The quantitative estimate of drug-likeness (QED) is 0.516. The highest BCUT2D eigenvalue weighted by molar-refractivity contribution is 7.18. The van der Waals surface area contributed by atoms with Crippen LogP contribution in [0, 0.1) is 5.82 Å². The van der Waals surface area contributed by atoms with Crippen molar-refractivity contribution >= 4 is 33.3 Å². The van der Waals surface area contributed by atoms with Gasteiger partial charge in [-0.3, -0.25) is 4.79 Å². The zero-order valence-corrected chi connectivity index (χ0v) is 16.0. The fraction of sp³-hybridized carbons (Fsp3) is 0.222. The monoisotopic (exact) mass is 433 g/mol. The Morgan fingerprint density at radius 1 is 1.37 bits per heavy atom. The molecule has 1 amide bonds. The van der Waals surface area contributed by atoms with Crippen molar-refractivity contribution in [3.05, 3.63) is 58.5 Å². The first-order valence-electron chi connectivity index (χ1n) is 8.95. The number of hydrogen-bond donors (Lipinski definition) is 2. The van der Waals surface area contributed by atoms with Gasteiger partial charge < -0.3 is 15.6 Å². The smallest absolute Gasteiger partial charge is 0.334 e. The first-order valence-corrected chi connectivity index (χ1v) is 9.77. The zero-order chi connectivity index (χ0) is 21.0. The standard InChI is InChI=1S/C18H14F3N7OS/c19-8-2-1-3-11-13(8)25-16(30-11)15-14-9(23-7-24-14)4-5-27(15)17(29)10-6-12(22)26-28(10)18(20)21/h1-3,6-7,15,18H,4-5H2,(H2,22,26)(H,23,24)/t15-/m0/s1. The Kier molecular flexibility index (Phi) is 4.24. The van der Waals surface area contributed by atoms with E-state index in [4.69, 9.17) is 5.73 Å². The third kappa shape index (κ3) is 2.83. The summed E-state index contributed by atoms with van der Waals surface area (Å²) in [4.78, 5) is 26.4. The van der Waals surface area contributed by atoms with E-state index >= 15 is 0 Å². The van der Waals surface area contributed by atoms with Gasteiger partial charge in [0.15, 0.2) is 0 Å². The lowest BCUT2D eigenvalue weighted by molar-refractivity contribution is 0.0444. The number of nitrogens with one attached hydrogen (secondary N) is 1. The molecule has 4 heterocycles. The molecule has 0 bridgehead atoms. The Morgan fingerprint density at radius 3 is 2.97 bits per heavy atom. The van der Waals surface area contributed by atoms with Gasteiger partial charge in [0.25, 0.3) is 5.91 Å². The molecule has 0 unspecified atom stereocenters. The number of thiazole rings is 1. The number of nitrogens with zero attached hydrogens (tertiary/aromatic N) is 5. The summed E-state index contributed by atoms with van der Waals surface area (Å²) in [6, 6.07) is 4.97. The van der Waals surface area contributed by atoms with Crippen molar-refractivity contribution < 1.29 is 18.0 Å². The van der Waals surface area contributed by atoms with E-state index in [1.165, 1.54) is 28.6 Å². The van der Waals surface area contributed by atoms with E-state index in [1.807, 2.05) is 0 Å². The predicted octanol–water partition coefficient (Wildman–Crippen LogP) is 3.12. The number of imidazole rings is 1. The molecule has 1 aromatic carbocycles. The van der Waals surface area contributed by atoms with Gasteiger partial charge in [0, 0.05) is 24.7 Å². The van der Waals surface area contributed by atoms with Gasteiger partial charge in [0.1, 0.15) is 33.9 Å². The van der Waals surface area contributed by atoms with Crippen LogP contribution in [0.5, 0.6) is 0 Å². The summed E-state index contributed by atoms with van der Waals surface area (Å²) in [5, 5.41) is 3.95. The van der Waals surface area contributed by atoms with Crippen molar-refractivity contribution in [1.29, 1.82) is 0 Å². The van der Waals surface area contributed by atoms with E-state index in [1.54, 1.807) is 12.1 Å². The molecule has 1 atom stereocenters. The maximum absolute atomic E-state index is 14.2. The number of carbonyl (C=O) groups excluding carboxylic acids is 1. The van der Waals surface area contributed by atoms with Crippen LogP contribution in [-0.2, 0) is 6.42 Å². The van der Waals surface area contributed by atoms with Crippen molar-refractivity contribution in [2.75, 3.05) is 12.3 Å². The summed E-state index contributed by atoms with van der Waals surface area (Å²) in [5.74, 6) is -1.35. The second-order valence-corrected chi connectivity index (χ2v) is 7.79. The minimum Gasteiger partial charge on any atom is -0.382 e. The number of para-hydroxylation sites is 1. The number of alkyl halides is 2. The number of carbonyl (C=O) groups is 1. The number of amides is 1. The Bertz CT molecular complexity index is 1260. The summed E-state index contributed by atoms with van der Waals surface area (Å²) in [5.41, 5.74) is 6.76. The first kappa shape index (κ1) is 18.6. The topological polar surface area (TPSA) is 106 Å². The van der Waals surface area contributed by atoms with Crippen molar-refractivity contribution in [2.45, 2.75) is 19.0 Å². The van der Waals surface area contributed by atoms with Gasteiger partial charge in [-0.2, -0.15) is 13.5 Å². The Balaban J connectivity index is 1.64. The molecule has 8 nitrogen and oxygen atoms in total. The number of benzene rings is 1. The molecule has 30 heavy (non-hydrogen) atoms. The average molecular weight is 433 g/mol. The molecule has 0 spiro atoms. The van der Waals surface area contributed by atoms with Crippen LogP contribution < -0.4 is 5.73 Å². The Labute approximate surface area is 171 Å². The third-order valence-electron chi connectivity index (χ3n) is 4.96. The Hall–Kier alpha value is -3.41. The summed E-state index contributed by atoms with van der Waals surface area (Å²) < 4.78 is 41.8. The molecular weight excluding hydrogens is 419 g/mol. The van der Waals surface area contributed by atoms with Crippen LogP contribution in [0.4, 0.5) is 19.0 Å². The van der Waals surface area contributed by atoms with Crippen molar-refractivity contribution in [1.82, 2.24) is 29.6 Å². The van der Waals surface area contributed by atoms with Crippen LogP contribution >= 0.6 is 11.3 Å². The van der Waals surface area contributed by atoms with E-state index < -0.39 is 24.3 Å². The lowest BCUT2D eigenvalue weighted by Gasteiger charge is -2.33. The molecule has 154 valence electrons. The lowest BCUT2D eigenvalue weighted by Crippen LogP contribution is -2.41. The van der Waals surface area contributed by atoms with Crippen LogP contribution in [0.2, 0.25) is 0 Å². The number of nitrogen functional groups attached to an aromatic ring is 1. The number of aromatic amines is 1. The summed E-state index contributed by atoms with van der Waals surface area (Å²) >= 11 is 1.22. The molecule has 0 saturated carbocycles. The number of hydrogen-bond acceptors (Lipinski definition) is 6. The maximum atomic E-state index is 14.2. The van der Waals surface area contributed by atoms with Crippen molar-refractivity contribution in [3.8, 4) is 0 Å². The molecular formula is C18H14F3N7OS. The fourth-order valence-corrected chi connectivity index (χ4v) is 4.76. The van der Waals surface area contributed by atoms with E-state index in [0.29, 0.717) is 26.5 Å². The molecule has 0 radical (unpaired) electrons. The molecule has 0 aliphatic carbocycles. The Morgan fingerprint density at radius 2 is 2.20 bits per heavy atom. The normalized spacial score (nSPS) is 16.4. The second kappa shape index (κ2) is 6.83. The maximum Gasteiger partial charge on any atom is 0.334 e. The molecule has 12 heteroatoms. The van der Waals surface area contributed by atoms with E-state index in [-0.39, 0.29) is 23.6 Å². The highest BCUT2D eigenvalue weighted by Gasteiger charge is 2.38. The number of anilines is 1. The van der Waals surface area contributed by atoms with Crippen molar-refractivity contribution in [2.24, 2.45) is 0 Å². The number of aromatic nitrogens is 5. The number of halogens is 3. The largest absolute Gasteiger partial charge is 0.382 e. The molecule has 3 aromatic heterocycles. The van der Waals surface area contributed by atoms with E-state index in [2.05, 4.69) is 20.1 Å². The summed E-state index contributed by atoms with van der Waals surface area (Å²) in [6.45, 7) is -2.80. The number of rotatable bonds is 3. The van der Waals surface area contributed by atoms with Gasteiger partial charge >= 0.3 is 6.55 Å². The van der Waals surface area contributed by atoms with Gasteiger partial charge in [-0.25, -0.2) is 14.4 Å². The molecule has 0 saturated heterocycles. The van der Waals surface area contributed by atoms with Gasteiger partial charge in [0.05, 0.1) is 16.7 Å². The zero-order valence-electron chi connectivity index (χ0n) is 15.2. The van der Waals surface area contributed by atoms with Gasteiger partial charge in [0.2, 0.25) is 0 Å². The van der Waals surface area contributed by atoms with Crippen LogP contribution in [0.15, 0.2) is 30.6 Å². The van der Waals surface area contributed by atoms with Crippen LogP contribution in [0.25, 0.3) is 10.2 Å². The lowest BCUT2D eigenvalue weighted by atomic mass is 10.0. The van der Waals surface area contributed by atoms with E-state index in [0.717, 1.165) is 11.8 Å². The molecule has 3 N–H and O–H groups in total. The first-order chi connectivity index (χ1) is 14.4. The van der Waals surface area contributed by atoms with Gasteiger partial charge in [-0.1, -0.05) is 6.07 Å². The fourth-order valence-electron chi connectivity index (χ4n) is 3.66. The SMILES string of the molecule is Nc1cc(C(=O)N2CCc3[nH]cnc3[C@H]2c2nc3c(F)cccc3s2)n(C(F)F)n1. The number of nitrogens with two attached hydrogens (primary N) is 1. The minimum atomic E-state index is -3.03. The minimum absolute atomic E-state index is 0.185. The highest BCUT2D eigenvalue weighted by atomic mass is 32.1. The van der Waals surface area contributed by atoms with Crippen LogP contribution in [0.1, 0.15) is 39.5 Å². The highest BCUT2D eigenvalue weighted by Crippen LogP contribution is 2.38. The van der Waals surface area contributed by atoms with Crippen LogP contribution in [0.3, 0.4) is 0 Å². The van der Waals surface area contributed by atoms with Gasteiger partial charge in [-0.15, -0.1) is 16.4 Å². The molecule has 1 aliphatic rings. The molecule has 1 aliphatic heterocycles. The second-order valence-electron chi connectivity index (χ2n) is 6.73. The molecule has 4 aromatic rings. The van der Waals surface area contributed by atoms with Crippen molar-refractivity contribution in [3.63, 3.8) is 0 Å². The molecule has 0 fully saturated rings. The number of fused-ring (bicyclic) bond motifs is 2. The van der Waals surface area contributed by atoms with Crippen LogP contribution in [-0.4, -0.2) is 42.1 Å². The summed E-state index contributed by atoms with van der Waals surface area (Å²) in [7, 11) is 0. The summed E-state index contributed by atoms with van der Waals surface area (Å²) in [6.07, 6.45) is 1.95. The predicted molar refractivity (Wildman–Crippen MR) is 103 cm³/mol. The van der Waals surface area contributed by atoms with E-state index in [9.17, 15) is 18.0 Å². The number of H-pyrrole nitrogens is 1. The average Bonchev–Trinajstić information content (AvgIpc) is 3.44. The van der Waals surface area contributed by atoms with Gasteiger partial charge in [-0.05, 0) is 12.1 Å².